The van der Waals surface area contributed by atoms with Crippen LogP contribution in [0.3, 0.4) is 0 Å². The van der Waals surface area contributed by atoms with Gasteiger partial charge in [0.05, 0.1) is 0 Å². The number of hydrogen-bond acceptors (Lipinski definition) is 2. The molecular formula is C13H11BrN2O2. The molecule has 0 saturated heterocycles. The lowest BCUT2D eigenvalue weighted by molar-refractivity contribution is 0.101. The molecule has 0 aliphatic carbocycles. The first kappa shape index (κ1) is 12.6. The van der Waals surface area contributed by atoms with Crippen LogP contribution in [-0.4, -0.2) is 16.7 Å². The van der Waals surface area contributed by atoms with Crippen LogP contribution in [0, 0.1) is 0 Å². The molecule has 0 unspecified atom stereocenters. The zero-order valence-corrected chi connectivity index (χ0v) is 11.2. The Labute approximate surface area is 113 Å². The number of nitrogens with one attached hydrogen (secondary N) is 2. The zero-order valence-electron chi connectivity index (χ0n) is 9.66. The predicted molar refractivity (Wildman–Crippen MR) is 72.9 cm³/mol. The molecule has 0 aliphatic rings. The first-order valence-electron chi connectivity index (χ1n) is 5.32. The summed E-state index contributed by atoms with van der Waals surface area (Å²) in [6.45, 7) is 1.46. The minimum absolute atomic E-state index is 0.0762. The number of aromatic amines is 1. The van der Waals surface area contributed by atoms with Crippen molar-refractivity contribution in [1.82, 2.24) is 4.98 Å². The molecule has 0 aliphatic heterocycles. The zero-order chi connectivity index (χ0) is 13.1. The van der Waals surface area contributed by atoms with Crippen LogP contribution < -0.4 is 5.32 Å². The standard InChI is InChI=1S/C13H11BrN2O2/c1-8(17)9-5-12(15-7-9)13(18)16-11-4-2-3-10(14)6-11/h2-7,15H,1H3,(H,16,18). The molecule has 2 aromatic rings. The fraction of sp³-hybridized carbons (Fsp3) is 0.0769. The van der Waals surface area contributed by atoms with Crippen molar-refractivity contribution >= 4 is 33.3 Å². The van der Waals surface area contributed by atoms with Gasteiger partial charge < -0.3 is 10.3 Å². The van der Waals surface area contributed by atoms with Crippen LogP contribution in [0.4, 0.5) is 5.69 Å². The van der Waals surface area contributed by atoms with E-state index in [1.807, 2.05) is 12.1 Å². The van der Waals surface area contributed by atoms with Gasteiger partial charge in [-0.1, -0.05) is 22.0 Å². The molecule has 2 N–H and O–H groups in total. The van der Waals surface area contributed by atoms with Gasteiger partial charge in [0.25, 0.3) is 5.91 Å². The van der Waals surface area contributed by atoms with Gasteiger partial charge in [0, 0.05) is 21.9 Å². The number of anilines is 1. The van der Waals surface area contributed by atoms with Gasteiger partial charge in [0.1, 0.15) is 5.69 Å². The van der Waals surface area contributed by atoms with Crippen molar-refractivity contribution < 1.29 is 9.59 Å². The smallest absolute Gasteiger partial charge is 0.272 e. The van der Waals surface area contributed by atoms with E-state index in [2.05, 4.69) is 26.2 Å². The van der Waals surface area contributed by atoms with Gasteiger partial charge in [0.15, 0.2) is 5.78 Å². The normalized spacial score (nSPS) is 10.1. The quantitative estimate of drug-likeness (QED) is 0.855. The van der Waals surface area contributed by atoms with Gasteiger partial charge in [-0.25, -0.2) is 0 Å². The van der Waals surface area contributed by atoms with E-state index in [1.165, 1.54) is 19.2 Å². The minimum Gasteiger partial charge on any atom is -0.356 e. The number of amides is 1. The van der Waals surface area contributed by atoms with Crippen LogP contribution in [-0.2, 0) is 0 Å². The fourth-order valence-corrected chi connectivity index (χ4v) is 1.89. The third-order valence-electron chi connectivity index (χ3n) is 2.42. The predicted octanol–water partition coefficient (Wildman–Crippen LogP) is 3.23. The second-order valence-electron chi connectivity index (χ2n) is 3.82. The lowest BCUT2D eigenvalue weighted by atomic mass is 10.2. The summed E-state index contributed by atoms with van der Waals surface area (Å²) in [5.74, 6) is -0.353. The monoisotopic (exact) mass is 306 g/mol. The third kappa shape index (κ3) is 2.87. The van der Waals surface area contributed by atoms with E-state index in [0.717, 1.165) is 4.47 Å². The maximum atomic E-state index is 11.9. The third-order valence-corrected chi connectivity index (χ3v) is 2.91. The van der Waals surface area contributed by atoms with Crippen molar-refractivity contribution in [2.75, 3.05) is 5.32 Å². The minimum atomic E-state index is -0.277. The SMILES string of the molecule is CC(=O)c1c[nH]c(C(=O)Nc2cccc(Br)c2)c1. The van der Waals surface area contributed by atoms with Crippen molar-refractivity contribution in [3.05, 3.63) is 52.3 Å². The molecule has 1 aromatic carbocycles. The average Bonchev–Trinajstić information content (AvgIpc) is 2.78. The topological polar surface area (TPSA) is 62.0 Å². The lowest BCUT2D eigenvalue weighted by Gasteiger charge is -2.03. The number of aromatic nitrogens is 1. The fourth-order valence-electron chi connectivity index (χ4n) is 1.49. The number of ketones is 1. The number of halogens is 1. The Hall–Kier alpha value is -1.88. The highest BCUT2D eigenvalue weighted by Crippen LogP contribution is 2.16. The first-order valence-corrected chi connectivity index (χ1v) is 6.12. The molecule has 4 nitrogen and oxygen atoms in total. The van der Waals surface area contributed by atoms with Gasteiger partial charge >= 0.3 is 0 Å². The summed E-state index contributed by atoms with van der Waals surface area (Å²) < 4.78 is 0.885. The Balaban J connectivity index is 2.14. The molecule has 0 spiro atoms. The number of Topliss-reactive ketones (excluding diaryl/α,β-unsaturated/α-hetero) is 1. The van der Waals surface area contributed by atoms with E-state index in [4.69, 9.17) is 0 Å². The summed E-state index contributed by atoms with van der Waals surface area (Å²) in [5, 5.41) is 2.74. The molecule has 18 heavy (non-hydrogen) atoms. The first-order chi connectivity index (χ1) is 8.56. The van der Waals surface area contributed by atoms with Crippen LogP contribution in [0.2, 0.25) is 0 Å². The molecule has 2 rings (SSSR count). The van der Waals surface area contributed by atoms with Gasteiger partial charge in [0.2, 0.25) is 0 Å². The number of carbonyl (C=O) groups excluding carboxylic acids is 2. The maximum Gasteiger partial charge on any atom is 0.272 e. The Morgan fingerprint density at radius 3 is 2.67 bits per heavy atom. The van der Waals surface area contributed by atoms with Crippen LogP contribution in [0.1, 0.15) is 27.8 Å². The van der Waals surface area contributed by atoms with E-state index < -0.39 is 0 Å². The number of carbonyl (C=O) groups is 2. The highest BCUT2D eigenvalue weighted by Gasteiger charge is 2.10. The van der Waals surface area contributed by atoms with Crippen molar-refractivity contribution in [2.24, 2.45) is 0 Å². The summed E-state index contributed by atoms with van der Waals surface area (Å²) in [6, 6.07) is 8.83. The van der Waals surface area contributed by atoms with Crippen molar-refractivity contribution in [1.29, 1.82) is 0 Å². The Morgan fingerprint density at radius 1 is 1.28 bits per heavy atom. The molecule has 1 heterocycles. The van der Waals surface area contributed by atoms with E-state index in [1.54, 1.807) is 12.1 Å². The highest BCUT2D eigenvalue weighted by atomic mass is 79.9. The number of hydrogen-bond donors (Lipinski definition) is 2. The number of H-pyrrole nitrogens is 1. The molecule has 1 aromatic heterocycles. The second kappa shape index (κ2) is 5.18. The highest BCUT2D eigenvalue weighted by molar-refractivity contribution is 9.10. The average molecular weight is 307 g/mol. The van der Waals surface area contributed by atoms with Gasteiger partial charge in [-0.2, -0.15) is 0 Å². The number of benzene rings is 1. The van der Waals surface area contributed by atoms with Gasteiger partial charge in [-0.3, -0.25) is 9.59 Å². The molecule has 0 bridgehead atoms. The number of rotatable bonds is 3. The summed E-state index contributed by atoms with van der Waals surface area (Å²) in [6.07, 6.45) is 1.53. The molecule has 0 radical (unpaired) electrons. The van der Waals surface area contributed by atoms with Gasteiger partial charge in [-0.15, -0.1) is 0 Å². The van der Waals surface area contributed by atoms with Crippen molar-refractivity contribution in [3.63, 3.8) is 0 Å². The molecule has 92 valence electrons. The van der Waals surface area contributed by atoms with E-state index in [-0.39, 0.29) is 11.7 Å². The second-order valence-corrected chi connectivity index (χ2v) is 4.74. The lowest BCUT2D eigenvalue weighted by Crippen LogP contribution is -2.12. The van der Waals surface area contributed by atoms with E-state index in [0.29, 0.717) is 16.9 Å². The van der Waals surface area contributed by atoms with Crippen LogP contribution in [0.15, 0.2) is 41.0 Å². The van der Waals surface area contributed by atoms with Crippen molar-refractivity contribution in [2.45, 2.75) is 6.92 Å². The van der Waals surface area contributed by atoms with Crippen LogP contribution in [0.25, 0.3) is 0 Å². The molecule has 0 saturated carbocycles. The summed E-state index contributed by atoms with van der Waals surface area (Å²) in [7, 11) is 0. The summed E-state index contributed by atoms with van der Waals surface area (Å²) in [5.41, 5.74) is 1.54. The van der Waals surface area contributed by atoms with Crippen LogP contribution in [0.5, 0.6) is 0 Å². The maximum absolute atomic E-state index is 11.9. The van der Waals surface area contributed by atoms with E-state index >= 15 is 0 Å². The summed E-state index contributed by atoms with van der Waals surface area (Å²) >= 11 is 3.33. The molecule has 5 heteroatoms. The Kier molecular flexibility index (Phi) is 3.62. The molecule has 1 amide bonds. The van der Waals surface area contributed by atoms with Crippen molar-refractivity contribution in [3.8, 4) is 0 Å². The molecule has 0 fully saturated rings. The molecule has 0 atom stereocenters. The largest absolute Gasteiger partial charge is 0.356 e. The Bertz CT molecular complexity index is 605. The van der Waals surface area contributed by atoms with Crippen LogP contribution >= 0.6 is 15.9 Å². The van der Waals surface area contributed by atoms with Gasteiger partial charge in [-0.05, 0) is 31.2 Å². The summed E-state index contributed by atoms with van der Waals surface area (Å²) in [4.78, 5) is 25.8. The molecular weight excluding hydrogens is 296 g/mol. The van der Waals surface area contributed by atoms with E-state index in [9.17, 15) is 9.59 Å². The Morgan fingerprint density at radius 2 is 2.06 bits per heavy atom.